The van der Waals surface area contributed by atoms with E-state index in [4.69, 9.17) is 0 Å². The SMILES string of the molecule is CC1=CN=C(c2ccccc2)CC1C. The first-order valence-electron chi connectivity index (χ1n) is 5.06. The van der Waals surface area contributed by atoms with Crippen molar-refractivity contribution in [3.05, 3.63) is 47.7 Å². The summed E-state index contributed by atoms with van der Waals surface area (Å²) in [5.74, 6) is 0.628. The number of hydrogen-bond donors (Lipinski definition) is 0. The monoisotopic (exact) mass is 185 g/mol. The summed E-state index contributed by atoms with van der Waals surface area (Å²) >= 11 is 0. The number of nitrogens with zero attached hydrogens (tertiary/aromatic N) is 1. The molecular weight excluding hydrogens is 170 g/mol. The predicted octanol–water partition coefficient (Wildman–Crippen LogP) is 3.42. The van der Waals surface area contributed by atoms with E-state index in [0.29, 0.717) is 5.92 Å². The highest BCUT2D eigenvalue weighted by molar-refractivity contribution is 6.01. The lowest BCUT2D eigenvalue weighted by Crippen LogP contribution is -2.11. The third kappa shape index (κ3) is 1.77. The minimum absolute atomic E-state index is 0.628. The molecular formula is C13H15N. The Morgan fingerprint density at radius 2 is 1.93 bits per heavy atom. The lowest BCUT2D eigenvalue weighted by Gasteiger charge is -2.17. The molecule has 1 aromatic rings. The average molecular weight is 185 g/mol. The summed E-state index contributed by atoms with van der Waals surface area (Å²) in [5.41, 5.74) is 3.84. The van der Waals surface area contributed by atoms with Crippen LogP contribution in [0.5, 0.6) is 0 Å². The van der Waals surface area contributed by atoms with E-state index in [1.54, 1.807) is 0 Å². The van der Waals surface area contributed by atoms with Gasteiger partial charge in [0.1, 0.15) is 0 Å². The Balaban J connectivity index is 2.30. The van der Waals surface area contributed by atoms with Crippen LogP contribution >= 0.6 is 0 Å². The second-order valence-corrected chi connectivity index (χ2v) is 3.92. The van der Waals surface area contributed by atoms with Gasteiger partial charge in [-0.3, -0.25) is 4.99 Å². The normalized spacial score (nSPS) is 21.4. The van der Waals surface area contributed by atoms with Gasteiger partial charge < -0.3 is 0 Å². The molecule has 0 bridgehead atoms. The maximum atomic E-state index is 4.49. The van der Waals surface area contributed by atoms with Crippen LogP contribution in [0.2, 0.25) is 0 Å². The van der Waals surface area contributed by atoms with Crippen LogP contribution in [0.4, 0.5) is 0 Å². The average Bonchev–Trinajstić information content (AvgIpc) is 2.23. The Bertz CT molecular complexity index is 373. The van der Waals surface area contributed by atoms with Crippen molar-refractivity contribution in [3.8, 4) is 0 Å². The van der Waals surface area contributed by atoms with Gasteiger partial charge in [0.2, 0.25) is 0 Å². The zero-order valence-corrected chi connectivity index (χ0v) is 8.70. The smallest absolute Gasteiger partial charge is 0.0481 e. The van der Waals surface area contributed by atoms with Gasteiger partial charge in [0.15, 0.2) is 0 Å². The lowest BCUT2D eigenvalue weighted by atomic mass is 9.92. The highest BCUT2D eigenvalue weighted by atomic mass is 14.7. The van der Waals surface area contributed by atoms with Gasteiger partial charge in [0.05, 0.1) is 0 Å². The fraction of sp³-hybridized carbons (Fsp3) is 0.308. The third-order valence-corrected chi connectivity index (χ3v) is 2.81. The Kier molecular flexibility index (Phi) is 2.49. The molecule has 1 aliphatic heterocycles. The Labute approximate surface area is 85.2 Å². The molecule has 0 fully saturated rings. The summed E-state index contributed by atoms with van der Waals surface area (Å²) in [6.45, 7) is 4.40. The van der Waals surface area contributed by atoms with Crippen molar-refractivity contribution in [1.82, 2.24) is 0 Å². The van der Waals surface area contributed by atoms with Crippen LogP contribution in [0.1, 0.15) is 25.8 Å². The lowest BCUT2D eigenvalue weighted by molar-refractivity contribution is 0.702. The van der Waals surface area contributed by atoms with E-state index in [1.807, 2.05) is 12.3 Å². The quantitative estimate of drug-likeness (QED) is 0.635. The first-order chi connectivity index (χ1) is 6.77. The van der Waals surface area contributed by atoms with Gasteiger partial charge in [-0.15, -0.1) is 0 Å². The predicted molar refractivity (Wildman–Crippen MR) is 60.5 cm³/mol. The molecule has 0 spiro atoms. The largest absolute Gasteiger partial charge is 0.261 e. The summed E-state index contributed by atoms with van der Waals surface area (Å²) in [5, 5.41) is 0. The number of aliphatic imine (C=N–C) groups is 1. The molecule has 0 aliphatic carbocycles. The van der Waals surface area contributed by atoms with Crippen LogP contribution in [-0.2, 0) is 0 Å². The van der Waals surface area contributed by atoms with Gasteiger partial charge >= 0.3 is 0 Å². The molecule has 0 radical (unpaired) electrons. The second kappa shape index (κ2) is 3.79. The van der Waals surface area contributed by atoms with Crippen molar-refractivity contribution in [1.29, 1.82) is 0 Å². The third-order valence-electron chi connectivity index (χ3n) is 2.81. The number of hydrogen-bond acceptors (Lipinski definition) is 1. The minimum atomic E-state index is 0.628. The van der Waals surface area contributed by atoms with E-state index in [-0.39, 0.29) is 0 Å². The molecule has 0 saturated heterocycles. The molecule has 1 aliphatic rings. The number of benzene rings is 1. The summed E-state index contributed by atoms with van der Waals surface area (Å²) in [7, 11) is 0. The summed E-state index contributed by atoms with van der Waals surface area (Å²) < 4.78 is 0. The van der Waals surface area contributed by atoms with Crippen molar-refractivity contribution < 1.29 is 0 Å². The number of rotatable bonds is 1. The van der Waals surface area contributed by atoms with Gasteiger partial charge in [0, 0.05) is 11.9 Å². The van der Waals surface area contributed by atoms with Gasteiger partial charge in [-0.2, -0.15) is 0 Å². The van der Waals surface area contributed by atoms with Gasteiger partial charge in [-0.05, 0) is 24.8 Å². The maximum absolute atomic E-state index is 4.49. The molecule has 0 aromatic heterocycles. The second-order valence-electron chi connectivity index (χ2n) is 3.92. The Hall–Kier alpha value is -1.37. The summed E-state index contributed by atoms with van der Waals surface area (Å²) in [6, 6.07) is 10.4. The van der Waals surface area contributed by atoms with Crippen molar-refractivity contribution in [2.24, 2.45) is 10.9 Å². The van der Waals surface area contributed by atoms with Crippen molar-refractivity contribution in [3.63, 3.8) is 0 Å². The van der Waals surface area contributed by atoms with E-state index in [1.165, 1.54) is 16.8 Å². The zero-order valence-electron chi connectivity index (χ0n) is 8.70. The Morgan fingerprint density at radius 1 is 1.21 bits per heavy atom. The molecule has 72 valence electrons. The minimum Gasteiger partial charge on any atom is -0.261 e. The van der Waals surface area contributed by atoms with Crippen LogP contribution in [-0.4, -0.2) is 5.71 Å². The molecule has 2 rings (SSSR count). The van der Waals surface area contributed by atoms with E-state index in [0.717, 1.165) is 6.42 Å². The molecule has 0 saturated carbocycles. The first-order valence-corrected chi connectivity index (χ1v) is 5.06. The fourth-order valence-electron chi connectivity index (χ4n) is 1.63. The van der Waals surface area contributed by atoms with Crippen LogP contribution in [0.25, 0.3) is 0 Å². The molecule has 0 amide bonds. The molecule has 1 nitrogen and oxygen atoms in total. The van der Waals surface area contributed by atoms with Crippen LogP contribution < -0.4 is 0 Å². The zero-order chi connectivity index (χ0) is 9.97. The molecule has 1 heteroatoms. The van der Waals surface area contributed by atoms with E-state index in [2.05, 4.69) is 43.1 Å². The molecule has 1 heterocycles. The van der Waals surface area contributed by atoms with E-state index >= 15 is 0 Å². The molecule has 1 unspecified atom stereocenters. The highest BCUT2D eigenvalue weighted by Gasteiger charge is 2.13. The van der Waals surface area contributed by atoms with Gasteiger partial charge in [-0.1, -0.05) is 42.8 Å². The van der Waals surface area contributed by atoms with Crippen molar-refractivity contribution in [2.75, 3.05) is 0 Å². The maximum Gasteiger partial charge on any atom is 0.0481 e. The van der Waals surface area contributed by atoms with Crippen LogP contribution in [0.15, 0.2) is 47.1 Å². The molecule has 1 atom stereocenters. The fourth-order valence-corrected chi connectivity index (χ4v) is 1.63. The summed E-state index contributed by atoms with van der Waals surface area (Å²) in [6.07, 6.45) is 3.06. The number of allylic oxidation sites excluding steroid dienone is 1. The van der Waals surface area contributed by atoms with E-state index < -0.39 is 0 Å². The van der Waals surface area contributed by atoms with E-state index in [9.17, 15) is 0 Å². The van der Waals surface area contributed by atoms with Crippen LogP contribution in [0.3, 0.4) is 0 Å². The van der Waals surface area contributed by atoms with Crippen LogP contribution in [0, 0.1) is 5.92 Å². The first kappa shape index (κ1) is 9.20. The standard InChI is InChI=1S/C13H15N/c1-10-8-13(14-9-11(10)2)12-6-4-3-5-7-12/h3-7,9-10H,8H2,1-2H3. The molecule has 14 heavy (non-hydrogen) atoms. The van der Waals surface area contributed by atoms with Crippen molar-refractivity contribution >= 4 is 5.71 Å². The molecule has 1 aromatic carbocycles. The summed E-state index contributed by atoms with van der Waals surface area (Å²) in [4.78, 5) is 4.49. The highest BCUT2D eigenvalue weighted by Crippen LogP contribution is 2.22. The molecule has 0 N–H and O–H groups in total. The Morgan fingerprint density at radius 3 is 2.57 bits per heavy atom. The van der Waals surface area contributed by atoms with Crippen molar-refractivity contribution in [2.45, 2.75) is 20.3 Å². The van der Waals surface area contributed by atoms with Gasteiger partial charge in [0.25, 0.3) is 0 Å². The van der Waals surface area contributed by atoms with Gasteiger partial charge in [-0.25, -0.2) is 0 Å². The topological polar surface area (TPSA) is 12.4 Å².